The predicted octanol–water partition coefficient (Wildman–Crippen LogP) is 3.54. The summed E-state index contributed by atoms with van der Waals surface area (Å²) in [5.74, 6) is 5.24. The van der Waals surface area contributed by atoms with E-state index in [-0.39, 0.29) is 11.5 Å². The van der Waals surface area contributed by atoms with Gasteiger partial charge >= 0.3 is 0 Å². The van der Waals surface area contributed by atoms with Gasteiger partial charge in [-0.05, 0) is 47.7 Å². The third-order valence-corrected chi connectivity index (χ3v) is 7.75. The van der Waals surface area contributed by atoms with Crippen molar-refractivity contribution in [1.82, 2.24) is 15.0 Å². The van der Waals surface area contributed by atoms with Crippen LogP contribution in [0.15, 0.2) is 60.9 Å². The molecule has 38 heavy (non-hydrogen) atoms. The number of nitrogens with one attached hydrogen (secondary N) is 2. The third-order valence-electron chi connectivity index (χ3n) is 6.20. The van der Waals surface area contributed by atoms with Gasteiger partial charge in [-0.15, -0.1) is 0 Å². The van der Waals surface area contributed by atoms with E-state index in [1.54, 1.807) is 37.5 Å². The number of morpholine rings is 1. The highest BCUT2D eigenvalue weighted by Gasteiger charge is 2.18. The fraction of sp³-hybridized carbons (Fsp3) is 0.250. The van der Waals surface area contributed by atoms with Gasteiger partial charge in [-0.2, -0.15) is 0 Å². The Bertz CT molecular complexity index is 1610. The van der Waals surface area contributed by atoms with E-state index in [4.69, 9.17) is 4.74 Å². The van der Waals surface area contributed by atoms with Gasteiger partial charge in [0.25, 0.3) is 5.91 Å². The van der Waals surface area contributed by atoms with E-state index in [2.05, 4.69) is 37.0 Å². The average molecular weight is 530 g/mol. The van der Waals surface area contributed by atoms with E-state index in [0.717, 1.165) is 41.2 Å². The van der Waals surface area contributed by atoms with Crippen LogP contribution in [0.1, 0.15) is 18.1 Å². The summed E-state index contributed by atoms with van der Waals surface area (Å²) < 4.78 is 31.2. The van der Waals surface area contributed by atoms with Crippen molar-refractivity contribution in [3.8, 4) is 23.1 Å². The summed E-state index contributed by atoms with van der Waals surface area (Å²) in [5, 5.41) is 3.58. The van der Waals surface area contributed by atoms with Crippen molar-refractivity contribution in [2.75, 3.05) is 36.5 Å². The molecule has 2 aromatic heterocycles. The summed E-state index contributed by atoms with van der Waals surface area (Å²) in [4.78, 5) is 26.0. The number of sulfone groups is 1. The Kier molecular flexibility index (Phi) is 7.40. The molecule has 9 nitrogen and oxygen atoms in total. The van der Waals surface area contributed by atoms with E-state index in [9.17, 15) is 13.2 Å². The summed E-state index contributed by atoms with van der Waals surface area (Å²) in [5.41, 5.74) is 4.50. The topological polar surface area (TPSA) is 117 Å². The van der Waals surface area contributed by atoms with Gasteiger partial charge in [0.05, 0.1) is 30.1 Å². The molecule has 1 fully saturated rings. The minimum atomic E-state index is -3.40. The Morgan fingerprint density at radius 3 is 2.34 bits per heavy atom. The zero-order valence-electron chi connectivity index (χ0n) is 20.9. The van der Waals surface area contributed by atoms with E-state index in [0.29, 0.717) is 30.0 Å². The molecule has 1 aliphatic rings. The highest BCUT2D eigenvalue weighted by atomic mass is 32.2. The number of benzene rings is 2. The number of hydrogen-bond acceptors (Lipinski definition) is 7. The highest BCUT2D eigenvalue weighted by molar-refractivity contribution is 7.89. The van der Waals surface area contributed by atoms with Crippen LogP contribution in [0.4, 0.5) is 11.5 Å². The zero-order chi connectivity index (χ0) is 26.5. The van der Waals surface area contributed by atoms with Gasteiger partial charge in [0.1, 0.15) is 17.8 Å². The van der Waals surface area contributed by atoms with Gasteiger partial charge < -0.3 is 19.9 Å². The maximum atomic E-state index is 12.9. The molecule has 5 rings (SSSR count). The second kappa shape index (κ2) is 11.0. The minimum absolute atomic E-state index is 0.0722. The molecule has 194 valence electrons. The maximum absolute atomic E-state index is 12.9. The van der Waals surface area contributed by atoms with E-state index >= 15 is 0 Å². The Morgan fingerprint density at radius 1 is 1.03 bits per heavy atom. The van der Waals surface area contributed by atoms with Gasteiger partial charge in [0.2, 0.25) is 0 Å². The monoisotopic (exact) mass is 529 g/mol. The van der Waals surface area contributed by atoms with Crippen molar-refractivity contribution in [1.29, 1.82) is 0 Å². The molecule has 0 spiro atoms. The smallest absolute Gasteiger partial charge is 0.300 e. The molecule has 1 aliphatic heterocycles. The van der Waals surface area contributed by atoms with Gasteiger partial charge in [-0.1, -0.05) is 42.3 Å². The fourth-order valence-corrected chi connectivity index (χ4v) is 5.91. The lowest BCUT2D eigenvalue weighted by Gasteiger charge is -2.27. The number of carbonyl (C=O) groups is 1. The van der Waals surface area contributed by atoms with Crippen LogP contribution in [0.5, 0.6) is 0 Å². The second-order valence-corrected chi connectivity index (χ2v) is 11.1. The summed E-state index contributed by atoms with van der Waals surface area (Å²) in [7, 11) is -3.40. The lowest BCUT2D eigenvalue weighted by atomic mass is 10.1. The molecule has 0 unspecified atom stereocenters. The van der Waals surface area contributed by atoms with Crippen LogP contribution in [0, 0.1) is 11.8 Å². The van der Waals surface area contributed by atoms with Crippen LogP contribution in [0.3, 0.4) is 0 Å². The summed E-state index contributed by atoms with van der Waals surface area (Å²) in [6, 6.07) is 16.3. The van der Waals surface area contributed by atoms with Gasteiger partial charge in [-0.25, -0.2) is 18.4 Å². The summed E-state index contributed by atoms with van der Waals surface area (Å²) in [6.45, 7) is 4.49. The van der Waals surface area contributed by atoms with Crippen molar-refractivity contribution in [2.45, 2.75) is 18.4 Å². The molecule has 0 bridgehead atoms. The molecule has 4 aromatic rings. The van der Waals surface area contributed by atoms with Crippen LogP contribution in [-0.4, -0.2) is 55.6 Å². The standard InChI is InChI=1S/C28H27N5O4S/c1-2-3-26(34)31-23-10-6-21(7-11-23)18-38(35,36)17-20-4-8-22(9-5-20)25-16-24-27(32-25)29-19-30-28(24)33-12-14-37-15-13-33/h4-11,16,19H,12-15,17-18H2,1H3,(H,31,34)(H,29,30,32). The molecule has 2 N–H and O–H groups in total. The molecule has 0 saturated carbocycles. The van der Waals surface area contributed by atoms with Crippen molar-refractivity contribution in [3.63, 3.8) is 0 Å². The van der Waals surface area contributed by atoms with Gasteiger partial charge in [0.15, 0.2) is 9.84 Å². The lowest BCUT2D eigenvalue weighted by molar-refractivity contribution is -0.111. The fourth-order valence-electron chi connectivity index (χ4n) is 4.41. The molecule has 1 amide bonds. The first kappa shape index (κ1) is 25.4. The largest absolute Gasteiger partial charge is 0.378 e. The second-order valence-electron chi connectivity index (χ2n) is 9.00. The number of carbonyl (C=O) groups excluding carboxylic acids is 1. The van der Waals surface area contributed by atoms with E-state index < -0.39 is 15.7 Å². The third kappa shape index (κ3) is 6.02. The molecule has 10 heteroatoms. The number of hydrogen-bond donors (Lipinski definition) is 2. The Labute approximate surface area is 221 Å². The van der Waals surface area contributed by atoms with Crippen LogP contribution in [0.2, 0.25) is 0 Å². The van der Waals surface area contributed by atoms with Crippen LogP contribution in [0.25, 0.3) is 22.3 Å². The quantitative estimate of drug-likeness (QED) is 0.352. The molecule has 2 aromatic carbocycles. The van der Waals surface area contributed by atoms with Crippen molar-refractivity contribution in [2.24, 2.45) is 0 Å². The first-order valence-electron chi connectivity index (χ1n) is 12.2. The molecular formula is C28H27N5O4S. The minimum Gasteiger partial charge on any atom is -0.378 e. The number of rotatable bonds is 7. The Balaban J connectivity index is 1.26. The van der Waals surface area contributed by atoms with Crippen molar-refractivity contribution < 1.29 is 17.9 Å². The number of amides is 1. The molecule has 0 aliphatic carbocycles. The first-order chi connectivity index (χ1) is 18.4. The Hall–Kier alpha value is -4.20. The number of aromatic amines is 1. The molecule has 3 heterocycles. The zero-order valence-corrected chi connectivity index (χ0v) is 21.7. The molecular weight excluding hydrogens is 502 g/mol. The van der Waals surface area contributed by atoms with E-state index in [1.807, 2.05) is 30.3 Å². The lowest BCUT2D eigenvalue weighted by Crippen LogP contribution is -2.36. The molecule has 1 saturated heterocycles. The number of H-pyrrole nitrogens is 1. The number of ether oxygens (including phenoxy) is 1. The van der Waals surface area contributed by atoms with Crippen molar-refractivity contribution >= 4 is 38.3 Å². The Morgan fingerprint density at radius 2 is 1.68 bits per heavy atom. The summed E-state index contributed by atoms with van der Waals surface area (Å²) in [6.07, 6.45) is 1.56. The summed E-state index contributed by atoms with van der Waals surface area (Å²) >= 11 is 0. The average Bonchev–Trinajstić information content (AvgIpc) is 3.35. The van der Waals surface area contributed by atoms with Crippen LogP contribution < -0.4 is 10.2 Å². The normalized spacial score (nSPS) is 13.7. The predicted molar refractivity (Wildman–Crippen MR) is 147 cm³/mol. The van der Waals surface area contributed by atoms with Gasteiger partial charge in [0, 0.05) is 24.5 Å². The van der Waals surface area contributed by atoms with Crippen LogP contribution in [-0.2, 0) is 30.9 Å². The number of anilines is 2. The van der Waals surface area contributed by atoms with Gasteiger partial charge in [-0.3, -0.25) is 4.79 Å². The van der Waals surface area contributed by atoms with E-state index in [1.165, 1.54) is 0 Å². The maximum Gasteiger partial charge on any atom is 0.300 e. The molecule has 0 radical (unpaired) electrons. The number of fused-ring (bicyclic) bond motifs is 1. The molecule has 0 atom stereocenters. The van der Waals surface area contributed by atoms with Crippen molar-refractivity contribution in [3.05, 3.63) is 72.1 Å². The number of aromatic nitrogens is 3. The number of nitrogens with zero attached hydrogens (tertiary/aromatic N) is 3. The highest BCUT2D eigenvalue weighted by Crippen LogP contribution is 2.29. The first-order valence-corrected chi connectivity index (χ1v) is 14.0. The SMILES string of the molecule is CC#CC(=O)Nc1ccc(CS(=O)(=O)Cc2ccc(-c3cc4c(N5CCOCC5)ncnc4[nH]3)cc2)cc1. The van der Waals surface area contributed by atoms with Crippen LogP contribution >= 0.6 is 0 Å².